The fraction of sp³-hybridized carbons (Fsp3) is 0.188. The second-order valence-corrected chi connectivity index (χ2v) is 18.7. The Bertz CT molecular complexity index is 2460. The van der Waals surface area contributed by atoms with E-state index < -0.39 is 0 Å². The van der Waals surface area contributed by atoms with E-state index in [0.717, 1.165) is 45.5 Å². The molecule has 0 bridgehead atoms. The van der Waals surface area contributed by atoms with Gasteiger partial charge in [-0.1, -0.05) is 146 Å². The van der Waals surface area contributed by atoms with Gasteiger partial charge in [0.15, 0.2) is 0 Å². The molecule has 0 spiro atoms. The zero-order valence-electron chi connectivity index (χ0n) is 42.8. The number of nitrogens with zero attached hydrogens (tertiary/aromatic N) is 8. The summed E-state index contributed by atoms with van der Waals surface area (Å²) in [6.07, 6.45) is 0. The van der Waals surface area contributed by atoms with Crippen LogP contribution in [-0.4, -0.2) is 122 Å². The molecule has 0 aliphatic carbocycles. The summed E-state index contributed by atoms with van der Waals surface area (Å²) < 4.78 is 0. The molecule has 1 heterocycles. The van der Waals surface area contributed by atoms with Crippen LogP contribution in [0.1, 0.15) is 0 Å². The summed E-state index contributed by atoms with van der Waals surface area (Å²) in [6.45, 7) is 3.76. The molecule has 0 N–H and O–H groups in total. The maximum atomic E-state index is 14.9. The minimum absolute atomic E-state index is 0.0725. The molecule has 9 rings (SSSR count). The quantitative estimate of drug-likeness (QED) is 0.0945. The summed E-state index contributed by atoms with van der Waals surface area (Å²) in [5.41, 5.74) is 6.03. The lowest BCUT2D eigenvalue weighted by atomic mass is 10.2. The molecule has 8 aromatic rings. The van der Waals surface area contributed by atoms with Crippen molar-refractivity contribution >= 4 is 69.1 Å². The Morgan fingerprint density at radius 1 is 0.224 bits per heavy atom. The Morgan fingerprint density at radius 3 is 0.461 bits per heavy atom. The Kier molecular flexibility index (Phi) is 18.3. The van der Waals surface area contributed by atoms with Crippen LogP contribution in [0.3, 0.4) is 0 Å². The van der Waals surface area contributed by atoms with Gasteiger partial charge < -0.3 is 0 Å². The molecular weight excluding hydrogens is 945 g/mol. The van der Waals surface area contributed by atoms with Crippen LogP contribution in [0.25, 0.3) is 0 Å². The Morgan fingerprint density at radius 2 is 0.342 bits per heavy atom. The van der Waals surface area contributed by atoms with E-state index in [1.807, 2.05) is 243 Å². The molecule has 0 saturated carbocycles. The molecule has 1 fully saturated rings. The highest BCUT2D eigenvalue weighted by Crippen LogP contribution is 2.29. The normalized spacial score (nSPS) is 14.1. The molecule has 0 aromatic heterocycles. The van der Waals surface area contributed by atoms with Gasteiger partial charge in [0.25, 0.3) is 0 Å². The smallest absolute Gasteiger partial charge is 0.245 e. The van der Waals surface area contributed by atoms with Gasteiger partial charge in [0.05, 0.1) is 26.2 Å². The van der Waals surface area contributed by atoms with Crippen LogP contribution in [0.4, 0.5) is 45.5 Å². The van der Waals surface area contributed by atoms with Gasteiger partial charge in [-0.25, -0.2) is 0 Å². The lowest BCUT2D eigenvalue weighted by Gasteiger charge is -2.36. The van der Waals surface area contributed by atoms with Gasteiger partial charge >= 0.3 is 0 Å². The van der Waals surface area contributed by atoms with E-state index in [2.05, 4.69) is 19.6 Å². The molecule has 1 aliphatic heterocycles. The average molecular weight is 1010 g/mol. The summed E-state index contributed by atoms with van der Waals surface area (Å²) in [5.74, 6) is -0.446. The average Bonchev–Trinajstić information content (AvgIpc) is 3.46. The fourth-order valence-electron chi connectivity index (χ4n) is 9.62. The monoisotopic (exact) mass is 1010 g/mol. The number of amides is 4. The molecule has 384 valence electrons. The number of benzene rings is 8. The third-order valence-electron chi connectivity index (χ3n) is 13.5. The number of hydrogen-bond donors (Lipinski definition) is 0. The van der Waals surface area contributed by atoms with Gasteiger partial charge in [0.1, 0.15) is 0 Å². The topological polar surface area (TPSA) is 94.2 Å². The van der Waals surface area contributed by atoms with Crippen molar-refractivity contribution < 1.29 is 19.2 Å². The number of carbonyl (C=O) groups is 4. The molecule has 4 amide bonds. The van der Waals surface area contributed by atoms with Gasteiger partial charge in [0, 0.05) is 97.9 Å². The maximum Gasteiger partial charge on any atom is 0.245 e. The lowest BCUT2D eigenvalue weighted by molar-refractivity contribution is -0.121. The van der Waals surface area contributed by atoms with Gasteiger partial charge in [-0.15, -0.1) is 0 Å². The summed E-state index contributed by atoms with van der Waals surface area (Å²) in [4.78, 5) is 75.3. The number of para-hydroxylation sites is 8. The number of anilines is 8. The predicted octanol–water partition coefficient (Wildman–Crippen LogP) is 10.7. The van der Waals surface area contributed by atoms with Crippen molar-refractivity contribution in [2.75, 3.05) is 98.1 Å². The van der Waals surface area contributed by atoms with Crippen LogP contribution >= 0.6 is 0 Å². The molecule has 76 heavy (non-hydrogen) atoms. The minimum atomic E-state index is -0.112. The zero-order chi connectivity index (χ0) is 52.3. The van der Waals surface area contributed by atoms with Crippen molar-refractivity contribution in [3.8, 4) is 0 Å². The largest absolute Gasteiger partial charge is 0.292 e. The van der Waals surface area contributed by atoms with Crippen molar-refractivity contribution in [2.24, 2.45) is 0 Å². The van der Waals surface area contributed by atoms with Crippen LogP contribution < -0.4 is 19.6 Å². The first-order chi connectivity index (χ1) is 37.4. The van der Waals surface area contributed by atoms with Crippen molar-refractivity contribution in [1.29, 1.82) is 0 Å². The highest BCUT2D eigenvalue weighted by atomic mass is 16.2. The first-order valence-electron chi connectivity index (χ1n) is 26.0. The SMILES string of the molecule is O=C(CN1CCN(CC(=O)N(c2ccccc2)c2ccccc2)CCN(CC(=O)N(c2ccccc2)c2ccccc2)CCN(CC(=O)N(c2ccccc2)c2ccccc2)CC1)N(c1ccccc1)c1ccccc1. The molecule has 0 radical (unpaired) electrons. The minimum Gasteiger partial charge on any atom is -0.292 e. The van der Waals surface area contributed by atoms with Crippen LogP contribution in [0.15, 0.2) is 243 Å². The molecule has 1 saturated heterocycles. The predicted molar refractivity (Wildman–Crippen MR) is 306 cm³/mol. The van der Waals surface area contributed by atoms with E-state index in [1.54, 1.807) is 19.6 Å². The van der Waals surface area contributed by atoms with Crippen LogP contribution in [-0.2, 0) is 19.2 Å². The Labute approximate surface area is 446 Å². The summed E-state index contributed by atoms with van der Waals surface area (Å²) in [6, 6.07) is 77.4. The van der Waals surface area contributed by atoms with E-state index in [9.17, 15) is 19.2 Å². The molecule has 12 nitrogen and oxygen atoms in total. The van der Waals surface area contributed by atoms with Gasteiger partial charge in [-0.3, -0.25) is 58.4 Å². The van der Waals surface area contributed by atoms with Crippen molar-refractivity contribution in [3.63, 3.8) is 0 Å². The number of rotatable bonds is 16. The van der Waals surface area contributed by atoms with Crippen molar-refractivity contribution in [1.82, 2.24) is 19.6 Å². The van der Waals surface area contributed by atoms with E-state index in [0.29, 0.717) is 52.4 Å². The Balaban J connectivity index is 1.05. The third kappa shape index (κ3) is 14.0. The van der Waals surface area contributed by atoms with E-state index in [4.69, 9.17) is 0 Å². The Hall–Kier alpha value is -8.52. The second kappa shape index (κ2) is 26.6. The fourth-order valence-corrected chi connectivity index (χ4v) is 9.62. The lowest BCUT2D eigenvalue weighted by Crippen LogP contribution is -2.51. The van der Waals surface area contributed by atoms with Crippen molar-refractivity contribution in [2.45, 2.75) is 0 Å². The molecule has 1 aliphatic rings. The number of hydrogen-bond acceptors (Lipinski definition) is 8. The first kappa shape index (κ1) is 52.3. The third-order valence-corrected chi connectivity index (χ3v) is 13.5. The summed E-state index contributed by atoms with van der Waals surface area (Å²) in [7, 11) is 0. The zero-order valence-corrected chi connectivity index (χ0v) is 42.8. The van der Waals surface area contributed by atoms with Crippen LogP contribution in [0.5, 0.6) is 0 Å². The highest BCUT2D eigenvalue weighted by Gasteiger charge is 2.29. The van der Waals surface area contributed by atoms with E-state index in [1.165, 1.54) is 0 Å². The summed E-state index contributed by atoms with van der Waals surface area (Å²) in [5, 5.41) is 0. The van der Waals surface area contributed by atoms with Crippen LogP contribution in [0.2, 0.25) is 0 Å². The molecule has 0 atom stereocenters. The molecule has 0 unspecified atom stereocenters. The number of carbonyl (C=O) groups excluding carboxylic acids is 4. The second-order valence-electron chi connectivity index (χ2n) is 18.7. The highest BCUT2D eigenvalue weighted by molar-refractivity contribution is 6.04. The van der Waals surface area contributed by atoms with Crippen LogP contribution in [0, 0.1) is 0 Å². The standard InChI is InChI=1S/C64H64N8O4/c73-61(69(53-25-9-1-10-26-53)54-27-11-2-12-28-54)49-65-41-43-66(50-62(74)70(55-29-13-3-14-30-55)56-31-15-4-16-32-56)45-47-68(52-64(76)72(59-37-21-7-22-38-59)60-39-23-8-24-40-60)48-46-67(44-42-65)51-63(75)71(57-33-17-5-18-34-57)58-35-19-6-20-36-58/h1-40H,41-52H2. The maximum absolute atomic E-state index is 14.9. The first-order valence-corrected chi connectivity index (χ1v) is 26.0. The van der Waals surface area contributed by atoms with E-state index >= 15 is 0 Å². The van der Waals surface area contributed by atoms with E-state index in [-0.39, 0.29) is 49.8 Å². The van der Waals surface area contributed by atoms with Crippen molar-refractivity contribution in [3.05, 3.63) is 243 Å². The summed E-state index contributed by atoms with van der Waals surface area (Å²) >= 11 is 0. The van der Waals surface area contributed by atoms with Gasteiger partial charge in [0.2, 0.25) is 23.6 Å². The molecule has 8 aromatic carbocycles. The molecular formula is C64H64N8O4. The van der Waals surface area contributed by atoms with Gasteiger partial charge in [-0.05, 0) is 97.1 Å². The van der Waals surface area contributed by atoms with Gasteiger partial charge in [-0.2, -0.15) is 0 Å². The molecule has 12 heteroatoms.